The van der Waals surface area contributed by atoms with Gasteiger partial charge in [-0.1, -0.05) is 0 Å². The number of carbonyl (C=O) groups is 1. The number of hydrogen-bond donors (Lipinski definition) is 2. The van der Waals surface area contributed by atoms with Gasteiger partial charge in [0, 0.05) is 13.6 Å². The van der Waals surface area contributed by atoms with Crippen molar-refractivity contribution in [2.45, 2.75) is 38.3 Å². The molecule has 1 saturated carbocycles. The van der Waals surface area contributed by atoms with Crippen LogP contribution >= 0.6 is 11.8 Å². The van der Waals surface area contributed by atoms with Gasteiger partial charge in [-0.05, 0) is 44.1 Å². The van der Waals surface area contributed by atoms with Gasteiger partial charge >= 0.3 is 0 Å². The molecule has 1 atom stereocenters. The largest absolute Gasteiger partial charge is 0.393 e. The molecule has 0 aliphatic heterocycles. The van der Waals surface area contributed by atoms with E-state index in [1.807, 2.05) is 6.26 Å². The van der Waals surface area contributed by atoms with Crippen LogP contribution in [0.5, 0.6) is 0 Å². The van der Waals surface area contributed by atoms with Gasteiger partial charge in [0.05, 0.1) is 11.9 Å². The molecule has 8 heteroatoms. The molecule has 0 spiro atoms. The molecule has 1 aliphatic rings. The van der Waals surface area contributed by atoms with Crippen molar-refractivity contribution in [3.63, 3.8) is 0 Å². The molecule has 1 aliphatic carbocycles. The Kier molecular flexibility index (Phi) is 7.46. The highest BCUT2D eigenvalue weighted by Gasteiger charge is 2.31. The van der Waals surface area contributed by atoms with Crippen molar-refractivity contribution in [2.75, 3.05) is 31.4 Å². The van der Waals surface area contributed by atoms with Gasteiger partial charge in [0.25, 0.3) is 0 Å². The normalized spacial score (nSPS) is 23.4. The van der Waals surface area contributed by atoms with E-state index in [1.54, 1.807) is 30.6 Å². The third-order valence-electron chi connectivity index (χ3n) is 3.73. The third-order valence-corrected chi connectivity index (χ3v) is 5.78. The van der Waals surface area contributed by atoms with Crippen molar-refractivity contribution >= 4 is 27.7 Å². The maximum absolute atomic E-state index is 12.4. The molecule has 2 N–H and O–H groups in total. The molecule has 0 saturated heterocycles. The van der Waals surface area contributed by atoms with Crippen LogP contribution in [-0.2, 0) is 14.8 Å². The zero-order valence-corrected chi connectivity index (χ0v) is 14.5. The van der Waals surface area contributed by atoms with Gasteiger partial charge in [-0.3, -0.25) is 4.79 Å². The number of carbonyl (C=O) groups excluding carboxylic acids is 1. The second-order valence-corrected chi connectivity index (χ2v) is 8.59. The topological polar surface area (TPSA) is 86.7 Å². The quantitative estimate of drug-likeness (QED) is 0.630. The number of aliphatic hydroxyl groups is 1. The monoisotopic (exact) mass is 338 g/mol. The Morgan fingerprint density at radius 2 is 2.10 bits per heavy atom. The third kappa shape index (κ3) is 6.14. The van der Waals surface area contributed by atoms with Crippen LogP contribution in [0.25, 0.3) is 0 Å². The number of sulfonamides is 1. The molecular formula is C13H26N2O4S2. The lowest BCUT2D eigenvalue weighted by Gasteiger charge is -2.35. The summed E-state index contributed by atoms with van der Waals surface area (Å²) in [7, 11) is -1.71. The van der Waals surface area contributed by atoms with E-state index in [1.165, 1.54) is 0 Å². The first-order valence-electron chi connectivity index (χ1n) is 7.21. The van der Waals surface area contributed by atoms with Gasteiger partial charge in [-0.15, -0.1) is 0 Å². The average Bonchev–Trinajstić information content (AvgIpc) is 2.40. The number of likely N-dealkylation sites (N-methyl/N-ethyl adjacent to an activating group) is 1. The Balaban J connectivity index is 2.60. The Hall–Kier alpha value is -0.310. The fraction of sp³-hybridized carbons (Fsp3) is 0.923. The van der Waals surface area contributed by atoms with Crippen molar-refractivity contribution in [1.82, 2.24) is 9.62 Å². The zero-order chi connectivity index (χ0) is 16.0. The lowest BCUT2D eigenvalue weighted by atomic mass is 9.82. The lowest BCUT2D eigenvalue weighted by Crippen LogP contribution is -2.50. The molecule has 21 heavy (non-hydrogen) atoms. The first-order valence-corrected chi connectivity index (χ1v) is 10.3. The predicted octanol–water partition coefficient (Wildman–Crippen LogP) is 0.277. The number of thioether (sulfide) groups is 1. The van der Waals surface area contributed by atoms with Crippen molar-refractivity contribution in [3.8, 4) is 0 Å². The molecule has 6 nitrogen and oxygen atoms in total. The molecule has 1 amide bonds. The summed E-state index contributed by atoms with van der Waals surface area (Å²) in [5, 5.41) is 9.28. The van der Waals surface area contributed by atoms with E-state index >= 15 is 0 Å². The number of nitrogens with zero attached hydrogens (tertiary/aromatic N) is 1. The zero-order valence-electron chi connectivity index (χ0n) is 12.9. The Labute approximate surface area is 131 Å². The van der Waals surface area contributed by atoms with Crippen LogP contribution in [0.3, 0.4) is 0 Å². The maximum atomic E-state index is 12.4. The van der Waals surface area contributed by atoms with Crippen molar-refractivity contribution in [1.29, 1.82) is 0 Å². The van der Waals surface area contributed by atoms with E-state index in [2.05, 4.69) is 4.72 Å². The number of hydrogen-bond acceptors (Lipinski definition) is 5. The fourth-order valence-corrected chi connectivity index (χ4v) is 3.65. The Bertz CT molecular complexity index is 435. The Morgan fingerprint density at radius 1 is 1.48 bits per heavy atom. The van der Waals surface area contributed by atoms with Gasteiger partial charge in [0.15, 0.2) is 0 Å². The summed E-state index contributed by atoms with van der Waals surface area (Å²) >= 11 is 1.58. The molecule has 0 aromatic rings. The van der Waals surface area contributed by atoms with Crippen LogP contribution in [0.1, 0.15) is 26.2 Å². The van der Waals surface area contributed by atoms with E-state index in [-0.39, 0.29) is 17.8 Å². The first kappa shape index (κ1) is 18.7. The number of aliphatic hydroxyl groups excluding tert-OH is 1. The van der Waals surface area contributed by atoms with Crippen LogP contribution in [-0.4, -0.2) is 67.8 Å². The van der Waals surface area contributed by atoms with Gasteiger partial charge in [0.2, 0.25) is 15.9 Å². The number of rotatable bonds is 9. The van der Waals surface area contributed by atoms with Gasteiger partial charge in [0.1, 0.15) is 6.04 Å². The summed E-state index contributed by atoms with van der Waals surface area (Å²) in [5.41, 5.74) is 0. The molecule has 0 aromatic carbocycles. The van der Waals surface area contributed by atoms with Crippen LogP contribution in [0.15, 0.2) is 0 Å². The molecule has 0 aromatic heterocycles. The molecule has 124 valence electrons. The molecule has 0 bridgehead atoms. The minimum atomic E-state index is -3.40. The van der Waals surface area contributed by atoms with Gasteiger partial charge < -0.3 is 10.0 Å². The molecule has 0 radical (unpaired) electrons. The molecule has 1 rings (SSSR count). The highest BCUT2D eigenvalue weighted by Crippen LogP contribution is 2.27. The predicted molar refractivity (Wildman–Crippen MR) is 85.8 cm³/mol. The fourth-order valence-electron chi connectivity index (χ4n) is 2.36. The smallest absolute Gasteiger partial charge is 0.240 e. The summed E-state index contributed by atoms with van der Waals surface area (Å²) in [6.07, 6.45) is 3.60. The minimum Gasteiger partial charge on any atom is -0.393 e. The second-order valence-electron chi connectivity index (χ2n) is 5.57. The number of amides is 1. The molecular weight excluding hydrogens is 312 g/mol. The van der Waals surface area contributed by atoms with Crippen LogP contribution in [0.4, 0.5) is 0 Å². The summed E-state index contributed by atoms with van der Waals surface area (Å²) < 4.78 is 25.9. The summed E-state index contributed by atoms with van der Waals surface area (Å²) in [6.45, 7) is 2.12. The van der Waals surface area contributed by atoms with Crippen LogP contribution in [0.2, 0.25) is 0 Å². The first-order chi connectivity index (χ1) is 9.79. The highest BCUT2D eigenvalue weighted by molar-refractivity contribution is 7.98. The van der Waals surface area contributed by atoms with E-state index in [0.29, 0.717) is 31.7 Å². The van der Waals surface area contributed by atoms with E-state index in [9.17, 15) is 18.3 Å². The Morgan fingerprint density at radius 3 is 2.57 bits per heavy atom. The molecule has 0 heterocycles. The van der Waals surface area contributed by atoms with E-state index in [0.717, 1.165) is 5.75 Å². The standard InChI is InChI=1S/C13H26N2O4S2/c1-4-21(18,19)14-12(5-6-20-3)13(17)15(2)9-10-7-11(16)8-10/h10-12,14,16H,4-9H2,1-3H3. The lowest BCUT2D eigenvalue weighted by molar-refractivity contribution is -0.133. The molecule has 1 fully saturated rings. The summed E-state index contributed by atoms with van der Waals surface area (Å²) in [6, 6.07) is -0.697. The summed E-state index contributed by atoms with van der Waals surface area (Å²) in [5.74, 6) is 0.813. The maximum Gasteiger partial charge on any atom is 0.240 e. The van der Waals surface area contributed by atoms with Crippen molar-refractivity contribution in [3.05, 3.63) is 0 Å². The van der Waals surface area contributed by atoms with Gasteiger partial charge in [-0.2, -0.15) is 11.8 Å². The molecule has 1 unspecified atom stereocenters. The second kappa shape index (κ2) is 8.36. The van der Waals surface area contributed by atoms with E-state index < -0.39 is 16.1 Å². The van der Waals surface area contributed by atoms with Crippen molar-refractivity contribution in [2.24, 2.45) is 5.92 Å². The minimum absolute atomic E-state index is 0.0332. The summed E-state index contributed by atoms with van der Waals surface area (Å²) in [4.78, 5) is 14.0. The van der Waals surface area contributed by atoms with Crippen molar-refractivity contribution < 1.29 is 18.3 Å². The SMILES string of the molecule is CCS(=O)(=O)NC(CCSC)C(=O)N(C)CC1CC(O)C1. The van der Waals surface area contributed by atoms with Crippen LogP contribution < -0.4 is 4.72 Å². The van der Waals surface area contributed by atoms with Crippen LogP contribution in [0, 0.1) is 5.92 Å². The van der Waals surface area contributed by atoms with E-state index in [4.69, 9.17) is 0 Å². The van der Waals surface area contributed by atoms with Gasteiger partial charge in [-0.25, -0.2) is 13.1 Å². The number of nitrogens with one attached hydrogen (secondary N) is 1. The average molecular weight is 338 g/mol. The highest BCUT2D eigenvalue weighted by atomic mass is 32.2.